The third-order valence-electron chi connectivity index (χ3n) is 2.44. The van der Waals surface area contributed by atoms with Gasteiger partial charge in [-0.3, -0.25) is 4.79 Å². The van der Waals surface area contributed by atoms with Crippen LogP contribution in [0, 0.1) is 0 Å². The lowest BCUT2D eigenvalue weighted by Crippen LogP contribution is -2.43. The molecule has 0 radical (unpaired) electrons. The Bertz CT molecular complexity index is 276. The zero-order valence-electron chi connectivity index (χ0n) is 8.63. The van der Waals surface area contributed by atoms with E-state index in [0.717, 1.165) is 0 Å². The summed E-state index contributed by atoms with van der Waals surface area (Å²) in [6.45, 7) is 0. The summed E-state index contributed by atoms with van der Waals surface area (Å²) >= 11 is 0. The second-order valence-electron chi connectivity index (χ2n) is 3.82. The molecule has 0 spiro atoms. The molecular weight excluding hydrogens is 223 g/mol. The predicted molar refractivity (Wildman–Crippen MR) is 51.6 cm³/mol. The largest absolute Gasteiger partial charge is 0.471 e. The van der Waals surface area contributed by atoms with Gasteiger partial charge in [0.1, 0.15) is 0 Å². The first-order valence-electron chi connectivity index (χ1n) is 5.12. The maximum absolute atomic E-state index is 12.0. The molecule has 6 heteroatoms. The number of alkyl halides is 3. The number of allylic oxidation sites excluding steroid dienone is 1. The van der Waals surface area contributed by atoms with Crippen molar-refractivity contribution in [2.75, 3.05) is 0 Å². The zero-order chi connectivity index (χ0) is 12.2. The molecule has 0 bridgehead atoms. The average Bonchev–Trinajstić information content (AvgIpc) is 2.15. The summed E-state index contributed by atoms with van der Waals surface area (Å²) in [5, 5.41) is 11.2. The van der Waals surface area contributed by atoms with Crippen LogP contribution in [0.5, 0.6) is 0 Å². The van der Waals surface area contributed by atoms with Gasteiger partial charge in [-0.05, 0) is 25.7 Å². The van der Waals surface area contributed by atoms with Crippen LogP contribution >= 0.6 is 0 Å². The molecule has 0 aliphatic heterocycles. The first-order valence-corrected chi connectivity index (χ1v) is 5.12. The highest BCUT2D eigenvalue weighted by Crippen LogP contribution is 2.18. The van der Waals surface area contributed by atoms with Crippen LogP contribution in [0.1, 0.15) is 25.7 Å². The van der Waals surface area contributed by atoms with Crippen molar-refractivity contribution >= 4 is 5.91 Å². The molecule has 2 atom stereocenters. The van der Waals surface area contributed by atoms with Gasteiger partial charge in [0, 0.05) is 6.04 Å². The number of aliphatic hydroxyl groups excluding tert-OH is 1. The third-order valence-corrected chi connectivity index (χ3v) is 2.44. The van der Waals surface area contributed by atoms with E-state index in [1.54, 1.807) is 12.2 Å². The monoisotopic (exact) mass is 237 g/mol. The van der Waals surface area contributed by atoms with E-state index < -0.39 is 24.2 Å². The van der Waals surface area contributed by atoms with Crippen LogP contribution in [0.3, 0.4) is 0 Å². The lowest BCUT2D eigenvalue weighted by molar-refractivity contribution is -0.174. The summed E-state index contributed by atoms with van der Waals surface area (Å²) < 4.78 is 36.0. The molecule has 0 saturated heterocycles. The lowest BCUT2D eigenvalue weighted by Gasteiger charge is -2.21. The number of aliphatic hydroxyl groups is 1. The van der Waals surface area contributed by atoms with Gasteiger partial charge in [-0.25, -0.2) is 0 Å². The van der Waals surface area contributed by atoms with Gasteiger partial charge < -0.3 is 10.4 Å². The molecule has 0 heterocycles. The molecule has 0 aromatic carbocycles. The molecule has 92 valence electrons. The number of halogens is 3. The molecule has 0 aromatic heterocycles. The van der Waals surface area contributed by atoms with Gasteiger partial charge in [-0.2, -0.15) is 13.2 Å². The minimum absolute atomic E-state index is 0.354. The first-order chi connectivity index (χ1) is 7.39. The number of carbonyl (C=O) groups excluding carboxylic acids is 1. The van der Waals surface area contributed by atoms with Crippen LogP contribution in [0.2, 0.25) is 0 Å². The fourth-order valence-corrected chi connectivity index (χ4v) is 1.57. The topological polar surface area (TPSA) is 49.3 Å². The van der Waals surface area contributed by atoms with Crippen molar-refractivity contribution < 1.29 is 23.1 Å². The Morgan fingerprint density at radius 1 is 1.31 bits per heavy atom. The van der Waals surface area contributed by atoms with Crippen molar-refractivity contribution in [1.29, 1.82) is 0 Å². The number of rotatable bonds is 1. The molecule has 1 aliphatic carbocycles. The molecule has 2 unspecified atom stereocenters. The molecule has 0 aromatic rings. The zero-order valence-corrected chi connectivity index (χ0v) is 8.63. The summed E-state index contributed by atoms with van der Waals surface area (Å²) in [6.07, 6.45) is -0.391. The molecule has 2 N–H and O–H groups in total. The second-order valence-corrected chi connectivity index (χ2v) is 3.82. The quantitative estimate of drug-likeness (QED) is 0.679. The Hall–Kier alpha value is -1.04. The van der Waals surface area contributed by atoms with Crippen LogP contribution in [0.4, 0.5) is 13.2 Å². The van der Waals surface area contributed by atoms with Crippen molar-refractivity contribution in [1.82, 2.24) is 5.32 Å². The number of carbonyl (C=O) groups is 1. The van der Waals surface area contributed by atoms with Crippen molar-refractivity contribution in [2.45, 2.75) is 44.0 Å². The van der Waals surface area contributed by atoms with Crippen molar-refractivity contribution in [2.24, 2.45) is 0 Å². The minimum Gasteiger partial charge on any atom is -0.389 e. The summed E-state index contributed by atoms with van der Waals surface area (Å²) in [7, 11) is 0. The SMILES string of the molecule is O=C(NC1CCC=CC(O)CC1)C(F)(F)F. The smallest absolute Gasteiger partial charge is 0.389 e. The molecule has 1 aliphatic rings. The van der Waals surface area contributed by atoms with Crippen molar-refractivity contribution in [3.63, 3.8) is 0 Å². The number of hydrogen-bond acceptors (Lipinski definition) is 2. The Balaban J connectivity index is 2.48. The van der Waals surface area contributed by atoms with Gasteiger partial charge in [0.25, 0.3) is 0 Å². The first kappa shape index (κ1) is 13.0. The fourth-order valence-electron chi connectivity index (χ4n) is 1.57. The summed E-state index contributed by atoms with van der Waals surface area (Å²) in [6, 6.07) is -0.520. The maximum atomic E-state index is 12.0. The van der Waals surface area contributed by atoms with E-state index in [1.807, 2.05) is 5.32 Å². The standard InChI is InChI=1S/C10H14F3NO2/c11-10(12,13)9(16)14-7-3-1-2-4-8(15)6-5-7/h2,4,7-8,15H,1,3,5-6H2,(H,14,16). The Labute approximate surface area is 91.3 Å². The Kier molecular flexibility index (Phi) is 4.35. The van der Waals surface area contributed by atoms with Gasteiger partial charge in [0.2, 0.25) is 0 Å². The van der Waals surface area contributed by atoms with E-state index >= 15 is 0 Å². The van der Waals surface area contributed by atoms with E-state index in [2.05, 4.69) is 0 Å². The number of amides is 1. The van der Waals surface area contributed by atoms with Gasteiger partial charge >= 0.3 is 12.1 Å². The van der Waals surface area contributed by atoms with Gasteiger partial charge in [0.05, 0.1) is 6.10 Å². The molecule has 0 fully saturated rings. The Morgan fingerprint density at radius 2 is 2.00 bits per heavy atom. The van der Waals surface area contributed by atoms with E-state index in [4.69, 9.17) is 0 Å². The average molecular weight is 237 g/mol. The molecule has 1 rings (SSSR count). The normalized spacial score (nSPS) is 27.0. The third kappa shape index (κ3) is 4.22. The van der Waals surface area contributed by atoms with Crippen LogP contribution in [0.15, 0.2) is 12.2 Å². The van der Waals surface area contributed by atoms with Gasteiger partial charge in [-0.1, -0.05) is 12.2 Å². The predicted octanol–water partition coefficient (Wildman–Crippen LogP) is 1.52. The lowest BCUT2D eigenvalue weighted by atomic mass is 9.99. The molecule has 0 saturated carbocycles. The summed E-state index contributed by atoms with van der Waals surface area (Å²) in [4.78, 5) is 10.7. The Morgan fingerprint density at radius 3 is 2.62 bits per heavy atom. The molecule has 3 nitrogen and oxygen atoms in total. The summed E-state index contributed by atoms with van der Waals surface area (Å²) in [5.74, 6) is -1.91. The highest BCUT2D eigenvalue weighted by Gasteiger charge is 2.39. The minimum atomic E-state index is -4.84. The van der Waals surface area contributed by atoms with Gasteiger partial charge in [0.15, 0.2) is 0 Å². The fraction of sp³-hybridized carbons (Fsp3) is 0.700. The second kappa shape index (κ2) is 5.34. The maximum Gasteiger partial charge on any atom is 0.471 e. The molecule has 1 amide bonds. The molecule has 16 heavy (non-hydrogen) atoms. The van der Waals surface area contributed by atoms with Gasteiger partial charge in [-0.15, -0.1) is 0 Å². The van der Waals surface area contributed by atoms with E-state index in [0.29, 0.717) is 25.7 Å². The van der Waals surface area contributed by atoms with Crippen LogP contribution in [0.25, 0.3) is 0 Å². The highest BCUT2D eigenvalue weighted by atomic mass is 19.4. The highest BCUT2D eigenvalue weighted by molar-refractivity contribution is 5.81. The van der Waals surface area contributed by atoms with E-state index in [9.17, 15) is 23.1 Å². The number of hydrogen-bond donors (Lipinski definition) is 2. The van der Waals surface area contributed by atoms with Crippen LogP contribution in [-0.4, -0.2) is 29.3 Å². The molecular formula is C10H14F3NO2. The summed E-state index contributed by atoms with van der Waals surface area (Å²) in [5.41, 5.74) is 0. The van der Waals surface area contributed by atoms with E-state index in [1.165, 1.54) is 0 Å². The van der Waals surface area contributed by atoms with E-state index in [-0.39, 0.29) is 0 Å². The van der Waals surface area contributed by atoms with Crippen molar-refractivity contribution in [3.05, 3.63) is 12.2 Å². The van der Waals surface area contributed by atoms with Crippen molar-refractivity contribution in [3.8, 4) is 0 Å². The number of nitrogens with one attached hydrogen (secondary N) is 1. The van der Waals surface area contributed by atoms with Crippen LogP contribution in [-0.2, 0) is 4.79 Å². The van der Waals surface area contributed by atoms with Crippen LogP contribution < -0.4 is 5.32 Å².